The minimum absolute atomic E-state index is 0.158. The third-order valence-electron chi connectivity index (χ3n) is 8.49. The highest BCUT2D eigenvalue weighted by Gasteiger charge is 2.32. The molecule has 0 radical (unpaired) electrons. The Morgan fingerprint density at radius 1 is 1.02 bits per heavy atom. The van der Waals surface area contributed by atoms with Crippen molar-refractivity contribution in [1.82, 2.24) is 19.8 Å². The fourth-order valence-corrected chi connectivity index (χ4v) is 6.29. The van der Waals surface area contributed by atoms with Crippen molar-refractivity contribution in [2.75, 3.05) is 62.9 Å². The molecule has 0 unspecified atom stereocenters. The molecule has 0 bridgehead atoms. The number of piperidine rings is 1. The second kappa shape index (κ2) is 13.9. The summed E-state index contributed by atoms with van der Waals surface area (Å²) in [6.07, 6.45) is 4.63. The van der Waals surface area contributed by atoms with Crippen molar-refractivity contribution in [3.8, 4) is 5.75 Å². The van der Waals surface area contributed by atoms with Crippen LogP contribution in [0, 0.1) is 0 Å². The lowest BCUT2D eigenvalue weighted by Gasteiger charge is -2.34. The number of amides is 1. The number of rotatable bonds is 10. The summed E-state index contributed by atoms with van der Waals surface area (Å²) in [6.45, 7) is 10.00. The molecule has 238 valence electrons. The Kier molecular flexibility index (Phi) is 9.98. The largest absolute Gasteiger partial charge is 0.496 e. The van der Waals surface area contributed by atoms with E-state index in [9.17, 15) is 4.79 Å². The lowest BCUT2D eigenvalue weighted by atomic mass is 10.0. The fraction of sp³-hybridized carbons (Fsp3) is 0.559. The van der Waals surface area contributed by atoms with Crippen LogP contribution < -0.4 is 20.3 Å². The number of aromatic nitrogens is 2. The topological polar surface area (TPSA) is 95.1 Å². The summed E-state index contributed by atoms with van der Waals surface area (Å²) in [6, 6.07) is 14.9. The van der Waals surface area contributed by atoms with Gasteiger partial charge in [-0.3, -0.25) is 4.90 Å². The number of carbonyl (C=O) groups excluding carboxylic acids is 1. The van der Waals surface area contributed by atoms with Gasteiger partial charge >= 0.3 is 6.09 Å². The Labute approximate surface area is 262 Å². The molecule has 2 saturated heterocycles. The molecule has 1 atom stereocenters. The van der Waals surface area contributed by atoms with Crippen molar-refractivity contribution in [3.63, 3.8) is 0 Å². The van der Waals surface area contributed by atoms with E-state index in [1.165, 1.54) is 11.3 Å². The minimum Gasteiger partial charge on any atom is -0.496 e. The van der Waals surface area contributed by atoms with E-state index in [2.05, 4.69) is 52.7 Å². The predicted octanol–water partition coefficient (Wildman–Crippen LogP) is 5.98. The Balaban J connectivity index is 1.20. The number of anilines is 3. The van der Waals surface area contributed by atoms with Crippen LogP contribution >= 0.6 is 0 Å². The lowest BCUT2D eigenvalue weighted by molar-refractivity contribution is 0.0223. The summed E-state index contributed by atoms with van der Waals surface area (Å²) < 4.78 is 11.3. The van der Waals surface area contributed by atoms with Gasteiger partial charge in [0.1, 0.15) is 17.2 Å². The zero-order valence-electron chi connectivity index (χ0n) is 27.2. The van der Waals surface area contributed by atoms with Gasteiger partial charge in [0.25, 0.3) is 0 Å². The molecule has 2 fully saturated rings. The third-order valence-corrected chi connectivity index (χ3v) is 8.49. The number of carbonyl (C=O) groups is 1. The van der Waals surface area contributed by atoms with E-state index >= 15 is 0 Å². The average Bonchev–Trinajstić information content (AvgIpc) is 3.46. The minimum atomic E-state index is -0.494. The van der Waals surface area contributed by atoms with Crippen molar-refractivity contribution >= 4 is 34.4 Å². The maximum absolute atomic E-state index is 12.7. The number of ether oxygens (including phenoxy) is 2. The first-order valence-corrected chi connectivity index (χ1v) is 15.9. The van der Waals surface area contributed by atoms with Crippen LogP contribution in [0.25, 0.3) is 10.9 Å². The van der Waals surface area contributed by atoms with Crippen LogP contribution in [0.2, 0.25) is 0 Å². The highest BCUT2D eigenvalue weighted by atomic mass is 16.6. The molecule has 0 spiro atoms. The van der Waals surface area contributed by atoms with E-state index in [1.54, 1.807) is 7.11 Å². The number of methoxy groups -OCH3 is 1. The van der Waals surface area contributed by atoms with Crippen molar-refractivity contribution in [2.24, 2.45) is 0 Å². The first-order chi connectivity index (χ1) is 21.1. The highest BCUT2D eigenvalue weighted by molar-refractivity contribution is 5.90. The van der Waals surface area contributed by atoms with Gasteiger partial charge in [-0.05, 0) is 77.1 Å². The molecule has 0 aliphatic carbocycles. The molecule has 10 heteroatoms. The maximum atomic E-state index is 12.7. The maximum Gasteiger partial charge on any atom is 0.410 e. The number of hydrogen-bond acceptors (Lipinski definition) is 9. The Morgan fingerprint density at radius 3 is 2.52 bits per heavy atom. The van der Waals surface area contributed by atoms with E-state index in [1.807, 2.05) is 49.9 Å². The summed E-state index contributed by atoms with van der Waals surface area (Å²) in [5.74, 6) is 2.42. The van der Waals surface area contributed by atoms with Crippen molar-refractivity contribution in [1.29, 1.82) is 0 Å². The van der Waals surface area contributed by atoms with Crippen molar-refractivity contribution in [2.45, 2.75) is 77.1 Å². The monoisotopic (exact) mass is 603 g/mol. The summed E-state index contributed by atoms with van der Waals surface area (Å²) in [5.41, 5.74) is 2.85. The van der Waals surface area contributed by atoms with Gasteiger partial charge in [0.05, 0.1) is 12.6 Å². The van der Waals surface area contributed by atoms with Gasteiger partial charge in [-0.2, -0.15) is 4.98 Å². The molecule has 3 aromatic rings. The first kappa shape index (κ1) is 31.6. The van der Waals surface area contributed by atoms with E-state index in [4.69, 9.17) is 19.4 Å². The molecule has 1 aromatic heterocycles. The summed E-state index contributed by atoms with van der Waals surface area (Å²) in [7, 11) is 5.91. The van der Waals surface area contributed by atoms with E-state index < -0.39 is 5.60 Å². The van der Waals surface area contributed by atoms with Gasteiger partial charge < -0.3 is 29.9 Å². The number of fused-ring (bicyclic) bond motifs is 1. The van der Waals surface area contributed by atoms with Crippen LogP contribution in [0.3, 0.4) is 0 Å². The zero-order valence-corrected chi connectivity index (χ0v) is 27.2. The quantitative estimate of drug-likeness (QED) is 0.290. The first-order valence-electron chi connectivity index (χ1n) is 15.9. The number of hydrogen-bond donors (Lipinski definition) is 2. The molecule has 44 heavy (non-hydrogen) atoms. The molecule has 2 aliphatic heterocycles. The Bertz CT molecular complexity index is 1420. The Hall–Kier alpha value is -3.79. The van der Waals surface area contributed by atoms with Crippen molar-refractivity contribution < 1.29 is 14.3 Å². The number of nitrogens with one attached hydrogen (secondary N) is 2. The van der Waals surface area contributed by atoms with Gasteiger partial charge in [-0.1, -0.05) is 18.2 Å². The SMILES string of the molecule is COc1cccc(N(C)C)c1CN1CCC(Nc2nc(NCC[C@@H]3CCCN3C(=O)OC(C)(C)C)nc3ccccc23)CC1. The molecule has 2 aromatic carbocycles. The number of nitrogens with zero attached hydrogens (tertiary/aromatic N) is 5. The molecule has 2 aliphatic rings. The van der Waals surface area contributed by atoms with Crippen LogP contribution in [-0.4, -0.2) is 90.9 Å². The van der Waals surface area contributed by atoms with E-state index in [0.29, 0.717) is 18.5 Å². The molecular weight excluding hydrogens is 554 g/mol. The van der Waals surface area contributed by atoms with Gasteiger partial charge in [0.15, 0.2) is 0 Å². The summed E-state index contributed by atoms with van der Waals surface area (Å²) in [5, 5.41) is 8.22. The number of benzene rings is 2. The molecule has 3 heterocycles. The van der Waals surface area contributed by atoms with Crippen LogP contribution in [-0.2, 0) is 11.3 Å². The second-order valence-corrected chi connectivity index (χ2v) is 13.1. The molecule has 2 N–H and O–H groups in total. The van der Waals surface area contributed by atoms with Gasteiger partial charge in [0.2, 0.25) is 5.95 Å². The lowest BCUT2D eigenvalue weighted by Crippen LogP contribution is -2.40. The molecule has 10 nitrogen and oxygen atoms in total. The van der Waals surface area contributed by atoms with Crippen LogP contribution in [0.4, 0.5) is 22.2 Å². The van der Waals surface area contributed by atoms with E-state index in [-0.39, 0.29) is 12.1 Å². The van der Waals surface area contributed by atoms with Crippen molar-refractivity contribution in [3.05, 3.63) is 48.0 Å². The van der Waals surface area contributed by atoms with E-state index in [0.717, 1.165) is 80.8 Å². The van der Waals surface area contributed by atoms with Gasteiger partial charge in [0, 0.05) is 75.5 Å². The zero-order chi connectivity index (χ0) is 31.3. The molecule has 1 amide bonds. The third kappa shape index (κ3) is 7.83. The van der Waals surface area contributed by atoms with Gasteiger partial charge in [-0.25, -0.2) is 9.78 Å². The fourth-order valence-electron chi connectivity index (χ4n) is 6.29. The normalized spacial score (nSPS) is 18.0. The molecular formula is C34H49N7O3. The van der Waals surface area contributed by atoms with Crippen LogP contribution in [0.1, 0.15) is 58.4 Å². The second-order valence-electron chi connectivity index (χ2n) is 13.1. The number of para-hydroxylation sites is 1. The highest BCUT2D eigenvalue weighted by Crippen LogP contribution is 2.31. The predicted molar refractivity (Wildman–Crippen MR) is 178 cm³/mol. The number of likely N-dealkylation sites (tertiary alicyclic amines) is 2. The standard InChI is InChI=1S/C34H49N7O3/c1-34(2,3)44-33(42)41-20-10-11-25(41)16-19-35-32-37-28-13-8-7-12-26(28)31(38-32)36-24-17-21-40(22-18-24)23-27-29(39(4)5)14-9-15-30(27)43-6/h7-9,12-15,24-25H,10-11,16-23H2,1-6H3,(H2,35,36,37,38)/t25-/m0/s1. The average molecular weight is 604 g/mol. The molecule has 5 rings (SSSR count). The summed E-state index contributed by atoms with van der Waals surface area (Å²) in [4.78, 5) is 29.0. The van der Waals surface area contributed by atoms with Crippen LogP contribution in [0.15, 0.2) is 42.5 Å². The summed E-state index contributed by atoms with van der Waals surface area (Å²) >= 11 is 0. The van der Waals surface area contributed by atoms with Crippen LogP contribution in [0.5, 0.6) is 5.75 Å². The van der Waals surface area contributed by atoms with Gasteiger partial charge in [-0.15, -0.1) is 0 Å². The Morgan fingerprint density at radius 2 is 1.80 bits per heavy atom. The molecule has 0 saturated carbocycles. The smallest absolute Gasteiger partial charge is 0.410 e.